The molecule has 0 aromatic carbocycles. The van der Waals surface area contributed by atoms with E-state index in [1.54, 1.807) is 0 Å². The van der Waals surface area contributed by atoms with E-state index in [-0.39, 0.29) is 0 Å². The van der Waals surface area contributed by atoms with Crippen molar-refractivity contribution in [2.45, 2.75) is 84.8 Å². The van der Waals surface area contributed by atoms with E-state index in [4.69, 9.17) is 4.74 Å². The molecule has 0 spiro atoms. The molecule has 0 unspecified atom stereocenters. The van der Waals surface area contributed by atoms with E-state index in [0.717, 1.165) is 68.3 Å². The summed E-state index contributed by atoms with van der Waals surface area (Å²) < 4.78 is 8.03. The molecule has 0 atom stereocenters. The topological polar surface area (TPSA) is 64.3 Å². The second-order valence-corrected chi connectivity index (χ2v) is 13.7. The van der Waals surface area contributed by atoms with Crippen molar-refractivity contribution in [1.29, 1.82) is 0 Å². The van der Waals surface area contributed by atoms with Crippen LogP contribution in [0.3, 0.4) is 0 Å². The number of aryl methyl sites for hydroxylation is 1. The van der Waals surface area contributed by atoms with Crippen LogP contribution in [0.2, 0.25) is 25.7 Å². The number of imidazole rings is 1. The first-order chi connectivity index (χ1) is 12.3. The van der Waals surface area contributed by atoms with Gasteiger partial charge in [-0.15, -0.1) is 0 Å². The number of allylic oxidation sites excluding steroid dienone is 1. The van der Waals surface area contributed by atoms with Gasteiger partial charge in [0.2, 0.25) is 0 Å². The number of carboxylic acid groups (broad SMARTS) is 1. The highest BCUT2D eigenvalue weighted by Gasteiger charge is 2.16. The van der Waals surface area contributed by atoms with Crippen LogP contribution in [0.25, 0.3) is 5.57 Å². The number of rotatable bonds is 13. The maximum atomic E-state index is 11.3. The molecule has 1 heterocycles. The number of aliphatic carboxylic acids is 1. The van der Waals surface area contributed by atoms with Crippen LogP contribution in [-0.2, 0) is 22.7 Å². The minimum absolute atomic E-state index is 0.446. The minimum Gasteiger partial charge on any atom is -0.478 e. The van der Waals surface area contributed by atoms with Crippen molar-refractivity contribution in [3.8, 4) is 0 Å². The van der Waals surface area contributed by atoms with Gasteiger partial charge in [-0.3, -0.25) is 0 Å². The third-order valence-electron chi connectivity index (χ3n) is 4.34. The van der Waals surface area contributed by atoms with E-state index < -0.39 is 14.0 Å². The highest BCUT2D eigenvalue weighted by Crippen LogP contribution is 2.23. The molecule has 1 aromatic heterocycles. The summed E-state index contributed by atoms with van der Waals surface area (Å²) in [5, 5.41) is 9.25. The van der Waals surface area contributed by atoms with Gasteiger partial charge in [0.15, 0.2) is 0 Å². The summed E-state index contributed by atoms with van der Waals surface area (Å²) in [5.41, 5.74) is 1.73. The summed E-state index contributed by atoms with van der Waals surface area (Å²) in [5.74, 6) is 0.0845. The van der Waals surface area contributed by atoms with Crippen molar-refractivity contribution in [3.63, 3.8) is 0 Å². The number of hydrogen-bond donors (Lipinski definition) is 1. The Morgan fingerprint density at radius 3 is 2.54 bits per heavy atom. The number of unbranched alkanes of at least 4 members (excludes halogenated alkanes) is 2. The van der Waals surface area contributed by atoms with E-state index >= 15 is 0 Å². The summed E-state index contributed by atoms with van der Waals surface area (Å²) in [6.45, 7) is 12.5. The summed E-state index contributed by atoms with van der Waals surface area (Å²) in [6, 6.07) is 1.12. The molecule has 0 fully saturated rings. The number of ether oxygens (including phenoxy) is 1. The van der Waals surface area contributed by atoms with Gasteiger partial charge >= 0.3 is 5.97 Å². The maximum Gasteiger partial charge on any atom is 0.328 e. The van der Waals surface area contributed by atoms with Crippen LogP contribution >= 0.6 is 0 Å². The largest absolute Gasteiger partial charge is 0.478 e. The predicted octanol–water partition coefficient (Wildman–Crippen LogP) is 5.20. The SMILES string of the molecule is CCCCC(=CC(=O)O)c1cnc(CCCC)n1COCC[Si](C)(C)C. The normalized spacial score (nSPS) is 12.6. The fourth-order valence-electron chi connectivity index (χ4n) is 2.67. The molecule has 5 nitrogen and oxygen atoms in total. The Morgan fingerprint density at radius 1 is 1.27 bits per heavy atom. The van der Waals surface area contributed by atoms with Gasteiger partial charge in [0.05, 0.1) is 11.9 Å². The maximum absolute atomic E-state index is 11.3. The fraction of sp³-hybridized carbons (Fsp3) is 0.700. The van der Waals surface area contributed by atoms with E-state index in [0.29, 0.717) is 6.73 Å². The first kappa shape index (κ1) is 22.6. The molecule has 0 amide bonds. The van der Waals surface area contributed by atoms with Crippen LogP contribution in [0.5, 0.6) is 0 Å². The lowest BCUT2D eigenvalue weighted by Crippen LogP contribution is -2.22. The Balaban J connectivity index is 3.01. The van der Waals surface area contributed by atoms with Crippen LogP contribution < -0.4 is 0 Å². The van der Waals surface area contributed by atoms with Gasteiger partial charge in [-0.25, -0.2) is 9.78 Å². The quantitative estimate of drug-likeness (QED) is 0.290. The molecule has 6 heteroatoms. The van der Waals surface area contributed by atoms with E-state index in [1.807, 2.05) is 6.20 Å². The molecule has 1 N–H and O–H groups in total. The molecule has 148 valence electrons. The Morgan fingerprint density at radius 2 is 1.96 bits per heavy atom. The highest BCUT2D eigenvalue weighted by molar-refractivity contribution is 6.76. The second-order valence-electron chi connectivity index (χ2n) is 8.05. The smallest absolute Gasteiger partial charge is 0.328 e. The summed E-state index contributed by atoms with van der Waals surface area (Å²) >= 11 is 0. The molecule has 0 radical (unpaired) electrons. The standard InChI is InChI=1S/C20H36N2O3Si/c1-6-8-10-17(14-20(23)24)18-15-21-19(11-9-7-2)22(18)16-25-12-13-26(3,4)5/h14-15H,6-13,16H2,1-5H3,(H,23,24). The summed E-state index contributed by atoms with van der Waals surface area (Å²) in [7, 11) is -1.13. The summed E-state index contributed by atoms with van der Waals surface area (Å²) in [4.78, 5) is 15.8. The molecule has 1 rings (SSSR count). The van der Waals surface area contributed by atoms with Gasteiger partial charge in [-0.2, -0.15) is 0 Å². The molecule has 0 aliphatic carbocycles. The van der Waals surface area contributed by atoms with Crippen LogP contribution in [0.1, 0.15) is 57.5 Å². The zero-order valence-electron chi connectivity index (χ0n) is 17.2. The molecule has 26 heavy (non-hydrogen) atoms. The summed E-state index contributed by atoms with van der Waals surface area (Å²) in [6.07, 6.45) is 8.95. The van der Waals surface area contributed by atoms with Crippen molar-refractivity contribution < 1.29 is 14.6 Å². The van der Waals surface area contributed by atoms with E-state index in [2.05, 4.69) is 43.0 Å². The number of hydrogen-bond acceptors (Lipinski definition) is 3. The molecule has 0 aliphatic rings. The van der Waals surface area contributed by atoms with Gasteiger partial charge in [0.25, 0.3) is 0 Å². The van der Waals surface area contributed by atoms with Crippen molar-refractivity contribution in [2.24, 2.45) is 0 Å². The molecule has 0 saturated heterocycles. The number of aromatic nitrogens is 2. The number of carboxylic acids is 1. The first-order valence-electron chi connectivity index (χ1n) is 9.84. The third kappa shape index (κ3) is 8.32. The van der Waals surface area contributed by atoms with E-state index in [9.17, 15) is 9.90 Å². The molecule has 0 bridgehead atoms. The number of carbonyl (C=O) groups is 1. The molecular formula is C20H36N2O3Si. The van der Waals surface area contributed by atoms with Crippen LogP contribution in [0.15, 0.2) is 12.3 Å². The monoisotopic (exact) mass is 380 g/mol. The average Bonchev–Trinajstić information content (AvgIpc) is 2.95. The minimum atomic E-state index is -1.13. The Labute approximate surface area is 159 Å². The van der Waals surface area contributed by atoms with Gasteiger partial charge in [-0.1, -0.05) is 46.3 Å². The molecule has 1 aromatic rings. The highest BCUT2D eigenvalue weighted by atomic mass is 28.3. The lowest BCUT2D eigenvalue weighted by molar-refractivity contribution is -0.131. The van der Waals surface area contributed by atoms with Crippen molar-refractivity contribution in [3.05, 3.63) is 23.8 Å². The zero-order chi connectivity index (χ0) is 19.6. The molecular weight excluding hydrogens is 344 g/mol. The van der Waals surface area contributed by atoms with Gasteiger partial charge in [0.1, 0.15) is 12.6 Å². The van der Waals surface area contributed by atoms with Gasteiger partial charge < -0.3 is 14.4 Å². The van der Waals surface area contributed by atoms with Crippen LogP contribution in [0, 0.1) is 0 Å². The molecule has 0 saturated carbocycles. The zero-order valence-corrected chi connectivity index (χ0v) is 18.2. The van der Waals surface area contributed by atoms with Crippen molar-refractivity contribution in [1.82, 2.24) is 9.55 Å². The molecule has 0 aliphatic heterocycles. The number of nitrogens with zero attached hydrogens (tertiary/aromatic N) is 2. The Hall–Kier alpha value is -1.40. The van der Waals surface area contributed by atoms with Gasteiger partial charge in [0, 0.05) is 27.2 Å². The Bertz CT molecular complexity index is 588. The lowest BCUT2D eigenvalue weighted by Gasteiger charge is -2.18. The fourth-order valence-corrected chi connectivity index (χ4v) is 3.43. The van der Waals surface area contributed by atoms with Crippen molar-refractivity contribution in [2.75, 3.05) is 6.61 Å². The average molecular weight is 381 g/mol. The van der Waals surface area contributed by atoms with Crippen LogP contribution in [0.4, 0.5) is 0 Å². The van der Waals surface area contributed by atoms with Crippen molar-refractivity contribution >= 4 is 19.6 Å². The van der Waals surface area contributed by atoms with E-state index in [1.165, 1.54) is 6.08 Å². The van der Waals surface area contributed by atoms with Gasteiger partial charge in [-0.05, 0) is 30.9 Å². The second kappa shape index (κ2) is 11.3. The first-order valence-corrected chi connectivity index (χ1v) is 13.5. The lowest BCUT2D eigenvalue weighted by atomic mass is 10.1. The van der Waals surface area contributed by atoms with Crippen LogP contribution in [-0.4, -0.2) is 35.3 Å². The third-order valence-corrected chi connectivity index (χ3v) is 6.04. The predicted molar refractivity (Wildman–Crippen MR) is 110 cm³/mol. The Kier molecular flexibility index (Phi) is 9.87.